The quantitative estimate of drug-likeness (QED) is 0.753. The summed E-state index contributed by atoms with van der Waals surface area (Å²) in [6, 6.07) is 0.378. The van der Waals surface area contributed by atoms with Crippen LogP contribution in [0.2, 0.25) is 0 Å². The number of aliphatic carboxylic acids is 1. The molecular formula is C13H22N2O3. The average Bonchev–Trinajstić information content (AvgIpc) is 2.55. The molecule has 2 N–H and O–H groups in total. The highest BCUT2D eigenvalue weighted by Crippen LogP contribution is 2.26. The molecule has 2 amide bonds. The van der Waals surface area contributed by atoms with Crippen LogP contribution in [-0.2, 0) is 4.79 Å². The third kappa shape index (κ3) is 3.15. The zero-order chi connectivity index (χ0) is 13.0. The topological polar surface area (TPSA) is 69.6 Å². The second-order valence-corrected chi connectivity index (χ2v) is 5.32. The lowest BCUT2D eigenvalue weighted by Gasteiger charge is -2.31. The smallest absolute Gasteiger partial charge is 0.318 e. The Morgan fingerprint density at radius 3 is 2.56 bits per heavy atom. The van der Waals surface area contributed by atoms with Gasteiger partial charge in [-0.3, -0.25) is 4.79 Å². The van der Waals surface area contributed by atoms with Gasteiger partial charge in [0.05, 0.1) is 6.04 Å². The van der Waals surface area contributed by atoms with Gasteiger partial charge < -0.3 is 15.3 Å². The van der Waals surface area contributed by atoms with E-state index in [0.29, 0.717) is 19.0 Å². The molecule has 2 rings (SSSR count). The monoisotopic (exact) mass is 254 g/mol. The van der Waals surface area contributed by atoms with Gasteiger partial charge in [0.2, 0.25) is 0 Å². The standard InChI is InChI=1S/C13H22N2O3/c16-12(17)8-7-11-9-14-13(18)15(11)10-5-3-1-2-4-6-10/h10-11H,1-9H2,(H,14,18)(H,16,17). The van der Waals surface area contributed by atoms with Gasteiger partial charge in [0.1, 0.15) is 0 Å². The van der Waals surface area contributed by atoms with Crippen LogP contribution in [0.15, 0.2) is 0 Å². The molecule has 1 aliphatic heterocycles. The molecule has 0 aromatic heterocycles. The number of nitrogens with zero attached hydrogens (tertiary/aromatic N) is 1. The second kappa shape index (κ2) is 6.07. The third-order valence-electron chi connectivity index (χ3n) is 4.03. The fraction of sp³-hybridized carbons (Fsp3) is 0.846. The normalized spacial score (nSPS) is 25.9. The number of carboxylic acid groups (broad SMARTS) is 1. The van der Waals surface area contributed by atoms with E-state index in [1.165, 1.54) is 25.7 Å². The third-order valence-corrected chi connectivity index (χ3v) is 4.03. The first kappa shape index (κ1) is 13.2. The minimum absolute atomic E-state index is 0.00251. The molecule has 1 saturated carbocycles. The van der Waals surface area contributed by atoms with E-state index in [1.807, 2.05) is 4.90 Å². The lowest BCUT2D eigenvalue weighted by molar-refractivity contribution is -0.137. The molecule has 1 saturated heterocycles. The highest BCUT2D eigenvalue weighted by molar-refractivity contribution is 5.77. The molecular weight excluding hydrogens is 232 g/mol. The zero-order valence-corrected chi connectivity index (χ0v) is 10.7. The number of carbonyl (C=O) groups is 2. The molecule has 1 atom stereocenters. The van der Waals surface area contributed by atoms with Crippen LogP contribution in [0, 0.1) is 0 Å². The Morgan fingerprint density at radius 2 is 1.94 bits per heavy atom. The van der Waals surface area contributed by atoms with Gasteiger partial charge in [-0.1, -0.05) is 25.7 Å². The Balaban J connectivity index is 1.97. The largest absolute Gasteiger partial charge is 0.481 e. The number of urea groups is 1. The number of carbonyl (C=O) groups excluding carboxylic acids is 1. The molecule has 0 aromatic carbocycles. The maximum absolute atomic E-state index is 11.9. The lowest BCUT2D eigenvalue weighted by Crippen LogP contribution is -2.42. The van der Waals surface area contributed by atoms with E-state index in [-0.39, 0.29) is 18.5 Å². The van der Waals surface area contributed by atoms with Crippen LogP contribution < -0.4 is 5.32 Å². The van der Waals surface area contributed by atoms with Crippen LogP contribution in [0.5, 0.6) is 0 Å². The minimum Gasteiger partial charge on any atom is -0.481 e. The molecule has 5 nitrogen and oxygen atoms in total. The summed E-state index contributed by atoms with van der Waals surface area (Å²) >= 11 is 0. The van der Waals surface area contributed by atoms with E-state index in [9.17, 15) is 9.59 Å². The molecule has 1 aliphatic carbocycles. The Hall–Kier alpha value is -1.26. The summed E-state index contributed by atoms with van der Waals surface area (Å²) in [4.78, 5) is 24.5. The number of amides is 2. The zero-order valence-electron chi connectivity index (χ0n) is 10.7. The maximum Gasteiger partial charge on any atom is 0.318 e. The Morgan fingerprint density at radius 1 is 1.28 bits per heavy atom. The van der Waals surface area contributed by atoms with Crippen molar-refractivity contribution in [1.82, 2.24) is 10.2 Å². The maximum atomic E-state index is 11.9. The summed E-state index contributed by atoms with van der Waals surface area (Å²) in [5, 5.41) is 11.6. The minimum atomic E-state index is -0.782. The van der Waals surface area contributed by atoms with Gasteiger partial charge in [-0.25, -0.2) is 4.79 Å². The molecule has 0 bridgehead atoms. The highest BCUT2D eigenvalue weighted by Gasteiger charge is 2.35. The average molecular weight is 254 g/mol. The molecule has 2 aliphatic rings. The summed E-state index contributed by atoms with van der Waals surface area (Å²) in [6.07, 6.45) is 7.71. The molecule has 1 heterocycles. The lowest BCUT2D eigenvalue weighted by atomic mass is 10.0. The fourth-order valence-electron chi connectivity index (χ4n) is 3.09. The Bertz CT molecular complexity index is 311. The summed E-state index contributed by atoms with van der Waals surface area (Å²) in [5.74, 6) is -0.782. The van der Waals surface area contributed by atoms with Crippen LogP contribution in [0.4, 0.5) is 4.79 Å². The summed E-state index contributed by atoms with van der Waals surface area (Å²) < 4.78 is 0. The Kier molecular flexibility index (Phi) is 4.44. The van der Waals surface area contributed by atoms with Gasteiger partial charge in [0.15, 0.2) is 0 Å². The van der Waals surface area contributed by atoms with Crippen molar-refractivity contribution in [2.24, 2.45) is 0 Å². The van der Waals surface area contributed by atoms with Gasteiger partial charge in [0.25, 0.3) is 0 Å². The van der Waals surface area contributed by atoms with E-state index in [1.54, 1.807) is 0 Å². The van der Waals surface area contributed by atoms with Crippen LogP contribution in [0.3, 0.4) is 0 Å². The predicted octanol–water partition coefficient (Wildman–Crippen LogP) is 1.97. The van der Waals surface area contributed by atoms with Gasteiger partial charge in [0, 0.05) is 19.0 Å². The van der Waals surface area contributed by atoms with E-state index in [4.69, 9.17) is 5.11 Å². The van der Waals surface area contributed by atoms with Gasteiger partial charge in [-0.2, -0.15) is 0 Å². The van der Waals surface area contributed by atoms with Crippen molar-refractivity contribution < 1.29 is 14.7 Å². The van der Waals surface area contributed by atoms with Crippen molar-refractivity contribution in [2.45, 2.75) is 63.5 Å². The second-order valence-electron chi connectivity index (χ2n) is 5.32. The number of hydrogen-bond acceptors (Lipinski definition) is 2. The van der Waals surface area contributed by atoms with Crippen molar-refractivity contribution in [3.63, 3.8) is 0 Å². The van der Waals surface area contributed by atoms with Crippen molar-refractivity contribution in [3.8, 4) is 0 Å². The van der Waals surface area contributed by atoms with Crippen LogP contribution in [0.25, 0.3) is 0 Å². The number of rotatable bonds is 4. The summed E-state index contributed by atoms with van der Waals surface area (Å²) in [7, 11) is 0. The highest BCUT2D eigenvalue weighted by atomic mass is 16.4. The molecule has 1 unspecified atom stereocenters. The molecule has 2 fully saturated rings. The van der Waals surface area contributed by atoms with Gasteiger partial charge in [-0.15, -0.1) is 0 Å². The van der Waals surface area contributed by atoms with Crippen LogP contribution in [0.1, 0.15) is 51.4 Å². The van der Waals surface area contributed by atoms with Crippen molar-refractivity contribution in [2.75, 3.05) is 6.54 Å². The molecule has 0 radical (unpaired) electrons. The van der Waals surface area contributed by atoms with E-state index in [0.717, 1.165) is 12.8 Å². The molecule has 0 aromatic rings. The number of carboxylic acids is 1. The van der Waals surface area contributed by atoms with Crippen molar-refractivity contribution in [3.05, 3.63) is 0 Å². The summed E-state index contributed by atoms with van der Waals surface area (Å²) in [6.45, 7) is 0.600. The molecule has 0 spiro atoms. The predicted molar refractivity (Wildman–Crippen MR) is 67.4 cm³/mol. The van der Waals surface area contributed by atoms with E-state index in [2.05, 4.69) is 5.32 Å². The summed E-state index contributed by atoms with van der Waals surface area (Å²) in [5.41, 5.74) is 0. The molecule has 18 heavy (non-hydrogen) atoms. The van der Waals surface area contributed by atoms with E-state index < -0.39 is 5.97 Å². The Labute approximate surface area is 108 Å². The first-order valence-electron chi connectivity index (χ1n) is 6.96. The van der Waals surface area contributed by atoms with Gasteiger partial charge >= 0.3 is 12.0 Å². The number of nitrogens with one attached hydrogen (secondary N) is 1. The molecule has 5 heteroatoms. The van der Waals surface area contributed by atoms with Gasteiger partial charge in [-0.05, 0) is 19.3 Å². The van der Waals surface area contributed by atoms with Crippen molar-refractivity contribution >= 4 is 12.0 Å². The van der Waals surface area contributed by atoms with Crippen LogP contribution in [-0.4, -0.2) is 40.6 Å². The van der Waals surface area contributed by atoms with Crippen molar-refractivity contribution in [1.29, 1.82) is 0 Å². The fourth-order valence-corrected chi connectivity index (χ4v) is 3.09. The first-order chi connectivity index (χ1) is 8.68. The molecule has 102 valence electrons. The first-order valence-corrected chi connectivity index (χ1v) is 6.96. The SMILES string of the molecule is O=C(O)CCC1CNC(=O)N1C1CCCCCC1. The van der Waals surface area contributed by atoms with Crippen LogP contribution >= 0.6 is 0 Å². The number of hydrogen-bond donors (Lipinski definition) is 2. The van der Waals surface area contributed by atoms with E-state index >= 15 is 0 Å².